The van der Waals surface area contributed by atoms with E-state index in [1.165, 1.54) is 13.2 Å². The van der Waals surface area contributed by atoms with Gasteiger partial charge in [-0.1, -0.05) is 12.7 Å². The van der Waals surface area contributed by atoms with E-state index in [1.54, 1.807) is 0 Å². The Bertz CT molecular complexity index is 194. The smallest absolute Gasteiger partial charge is 0.308 e. The van der Waals surface area contributed by atoms with Crippen molar-refractivity contribution in [1.82, 2.24) is 0 Å². The molecule has 1 aliphatic carbocycles. The Morgan fingerprint density at radius 2 is 2.30 bits per heavy atom. The highest BCUT2D eigenvalue weighted by atomic mass is 19.3. The molecule has 0 fully saturated rings. The number of hydrogen-bond donors (Lipinski definition) is 0. The molecule has 0 aromatic heterocycles. The molecule has 0 N–H and O–H groups in total. The molecule has 0 heterocycles. The third kappa shape index (κ3) is 0.818. The van der Waals surface area contributed by atoms with Crippen LogP contribution in [0.2, 0.25) is 0 Å². The van der Waals surface area contributed by atoms with Gasteiger partial charge in [0.15, 0.2) is 5.76 Å². The minimum Gasteiger partial charge on any atom is -0.494 e. The van der Waals surface area contributed by atoms with Gasteiger partial charge in [-0.15, -0.1) is 0 Å². The van der Waals surface area contributed by atoms with Crippen LogP contribution in [0.3, 0.4) is 0 Å². The summed E-state index contributed by atoms with van der Waals surface area (Å²) in [4.78, 5) is 0. The second kappa shape index (κ2) is 2.08. The molecule has 0 aliphatic heterocycles. The maximum Gasteiger partial charge on any atom is 0.308 e. The second-order valence-electron chi connectivity index (χ2n) is 2.14. The molecule has 0 saturated heterocycles. The number of methoxy groups -OCH3 is 1. The predicted octanol–water partition coefficient (Wildman–Crippen LogP) is 2.11. The van der Waals surface area contributed by atoms with E-state index in [9.17, 15) is 8.78 Å². The number of hydrogen-bond acceptors (Lipinski definition) is 1. The fraction of sp³-hybridized carbons (Fsp3) is 0.429. The summed E-state index contributed by atoms with van der Waals surface area (Å²) in [5.74, 6) is -2.99. The summed E-state index contributed by atoms with van der Waals surface area (Å²) in [7, 11) is 1.24. The van der Waals surface area contributed by atoms with Crippen molar-refractivity contribution >= 4 is 0 Å². The van der Waals surface area contributed by atoms with Crippen LogP contribution in [-0.4, -0.2) is 13.0 Å². The quantitative estimate of drug-likeness (QED) is 0.579. The van der Waals surface area contributed by atoms with Crippen molar-refractivity contribution in [3.63, 3.8) is 0 Å². The van der Waals surface area contributed by atoms with Crippen LogP contribution in [0.4, 0.5) is 8.78 Å². The SMILES string of the molecule is C=CC1=C(OC)C(F)(F)C1. The molecule has 0 saturated carbocycles. The second-order valence-corrected chi connectivity index (χ2v) is 2.14. The number of allylic oxidation sites excluding steroid dienone is 3. The van der Waals surface area contributed by atoms with Crippen LogP contribution < -0.4 is 0 Å². The first-order valence-electron chi connectivity index (χ1n) is 2.89. The van der Waals surface area contributed by atoms with Gasteiger partial charge in [-0.3, -0.25) is 0 Å². The van der Waals surface area contributed by atoms with Crippen LogP contribution in [0, 0.1) is 0 Å². The van der Waals surface area contributed by atoms with Gasteiger partial charge in [0.1, 0.15) is 0 Å². The van der Waals surface area contributed by atoms with Crippen molar-refractivity contribution < 1.29 is 13.5 Å². The molecule has 0 spiro atoms. The Morgan fingerprint density at radius 3 is 2.50 bits per heavy atom. The van der Waals surface area contributed by atoms with E-state index in [0.29, 0.717) is 5.57 Å². The lowest BCUT2D eigenvalue weighted by molar-refractivity contribution is -0.0382. The first-order valence-corrected chi connectivity index (χ1v) is 2.89. The molecule has 0 aromatic rings. The summed E-state index contributed by atoms with van der Waals surface area (Å²) in [5, 5.41) is 0. The molecular weight excluding hydrogens is 138 g/mol. The lowest BCUT2D eigenvalue weighted by atomic mass is 9.92. The molecule has 10 heavy (non-hydrogen) atoms. The van der Waals surface area contributed by atoms with Gasteiger partial charge in [0.25, 0.3) is 0 Å². The normalized spacial score (nSPS) is 21.9. The predicted molar refractivity (Wildman–Crippen MR) is 33.8 cm³/mol. The monoisotopic (exact) mass is 146 g/mol. The molecule has 0 atom stereocenters. The molecule has 56 valence electrons. The first kappa shape index (κ1) is 7.25. The third-order valence-corrected chi connectivity index (χ3v) is 1.49. The van der Waals surface area contributed by atoms with E-state index in [-0.39, 0.29) is 12.2 Å². The molecule has 1 nitrogen and oxygen atoms in total. The summed E-state index contributed by atoms with van der Waals surface area (Å²) in [6.45, 7) is 3.38. The molecule has 0 aromatic carbocycles. The average molecular weight is 146 g/mol. The number of rotatable bonds is 2. The van der Waals surface area contributed by atoms with E-state index in [2.05, 4.69) is 11.3 Å². The summed E-state index contributed by atoms with van der Waals surface area (Å²) in [6.07, 6.45) is 1.16. The fourth-order valence-corrected chi connectivity index (χ4v) is 0.973. The van der Waals surface area contributed by atoms with Crippen molar-refractivity contribution in [2.45, 2.75) is 12.3 Å². The van der Waals surface area contributed by atoms with Crippen molar-refractivity contribution in [3.8, 4) is 0 Å². The van der Waals surface area contributed by atoms with Crippen LogP contribution in [0.1, 0.15) is 6.42 Å². The third-order valence-electron chi connectivity index (χ3n) is 1.49. The highest BCUT2D eigenvalue weighted by molar-refractivity contribution is 5.36. The Balaban J connectivity index is 2.85. The van der Waals surface area contributed by atoms with Gasteiger partial charge in [-0.25, -0.2) is 0 Å². The zero-order chi connectivity index (χ0) is 7.78. The van der Waals surface area contributed by atoms with Crippen LogP contribution in [0.5, 0.6) is 0 Å². The van der Waals surface area contributed by atoms with Crippen LogP contribution >= 0.6 is 0 Å². The molecular formula is C7H8F2O. The van der Waals surface area contributed by atoms with Crippen molar-refractivity contribution in [2.75, 3.05) is 7.11 Å². The van der Waals surface area contributed by atoms with E-state index < -0.39 is 5.92 Å². The van der Waals surface area contributed by atoms with Crippen LogP contribution in [0.25, 0.3) is 0 Å². The Hall–Kier alpha value is -0.860. The number of ether oxygens (including phenoxy) is 1. The topological polar surface area (TPSA) is 9.23 Å². The Kier molecular flexibility index (Phi) is 1.50. The van der Waals surface area contributed by atoms with Gasteiger partial charge < -0.3 is 4.74 Å². The van der Waals surface area contributed by atoms with Gasteiger partial charge in [-0.05, 0) is 0 Å². The zero-order valence-corrected chi connectivity index (χ0v) is 5.66. The van der Waals surface area contributed by atoms with Crippen LogP contribution in [-0.2, 0) is 4.74 Å². The molecule has 0 amide bonds. The van der Waals surface area contributed by atoms with Gasteiger partial charge in [0, 0.05) is 12.0 Å². The van der Waals surface area contributed by atoms with E-state index in [0.717, 1.165) is 0 Å². The molecule has 0 radical (unpaired) electrons. The van der Waals surface area contributed by atoms with Crippen molar-refractivity contribution in [3.05, 3.63) is 24.0 Å². The summed E-state index contributed by atoms with van der Waals surface area (Å²) >= 11 is 0. The number of alkyl halides is 2. The minimum absolute atomic E-state index is 0.234. The highest BCUT2D eigenvalue weighted by Crippen LogP contribution is 2.43. The largest absolute Gasteiger partial charge is 0.494 e. The van der Waals surface area contributed by atoms with Crippen LogP contribution in [0.15, 0.2) is 24.0 Å². The average Bonchev–Trinajstić information content (AvgIpc) is 1.84. The van der Waals surface area contributed by atoms with Gasteiger partial charge in [0.05, 0.1) is 7.11 Å². The Labute approximate surface area is 58.0 Å². The Morgan fingerprint density at radius 1 is 1.70 bits per heavy atom. The maximum atomic E-state index is 12.4. The van der Waals surface area contributed by atoms with Gasteiger partial charge in [0.2, 0.25) is 0 Å². The lowest BCUT2D eigenvalue weighted by Gasteiger charge is -2.29. The standard InChI is InChI=1S/C7H8F2O/c1-3-5-4-7(8,9)6(5)10-2/h3H,1,4H2,2H3. The molecule has 1 rings (SSSR count). The zero-order valence-electron chi connectivity index (χ0n) is 5.66. The van der Waals surface area contributed by atoms with Gasteiger partial charge >= 0.3 is 5.92 Å². The summed E-state index contributed by atoms with van der Waals surface area (Å²) < 4.78 is 29.3. The maximum absolute atomic E-state index is 12.4. The molecule has 0 unspecified atom stereocenters. The molecule has 1 aliphatic rings. The molecule has 3 heteroatoms. The number of halogens is 2. The van der Waals surface area contributed by atoms with E-state index in [4.69, 9.17) is 0 Å². The van der Waals surface area contributed by atoms with Gasteiger partial charge in [-0.2, -0.15) is 8.78 Å². The molecule has 0 bridgehead atoms. The minimum atomic E-state index is -2.75. The summed E-state index contributed by atoms with van der Waals surface area (Å²) in [5.41, 5.74) is 0.507. The van der Waals surface area contributed by atoms with Crippen molar-refractivity contribution in [1.29, 1.82) is 0 Å². The highest BCUT2D eigenvalue weighted by Gasteiger charge is 2.46. The fourth-order valence-electron chi connectivity index (χ4n) is 0.973. The summed E-state index contributed by atoms with van der Waals surface area (Å²) in [6, 6.07) is 0. The van der Waals surface area contributed by atoms with E-state index >= 15 is 0 Å². The lowest BCUT2D eigenvalue weighted by Crippen LogP contribution is -2.31. The van der Waals surface area contributed by atoms with E-state index in [1.807, 2.05) is 0 Å². The first-order chi connectivity index (χ1) is 4.61. The van der Waals surface area contributed by atoms with Crippen molar-refractivity contribution in [2.24, 2.45) is 0 Å².